The van der Waals surface area contributed by atoms with Crippen molar-refractivity contribution < 1.29 is 14.3 Å². The van der Waals surface area contributed by atoms with Gasteiger partial charge in [-0.25, -0.2) is 0 Å². The van der Waals surface area contributed by atoms with Gasteiger partial charge in [0, 0.05) is 30.3 Å². The highest BCUT2D eigenvalue weighted by atomic mass is 16.5. The monoisotopic (exact) mass is 342 g/mol. The van der Waals surface area contributed by atoms with E-state index in [1.807, 2.05) is 36.4 Å². The average molecular weight is 342 g/mol. The molecule has 0 atom stereocenters. The predicted octanol–water partition coefficient (Wildman–Crippen LogP) is 3.13. The molecule has 0 bridgehead atoms. The second-order valence-corrected chi connectivity index (χ2v) is 6.55. The third kappa shape index (κ3) is 5.21. The number of carbonyl (C=O) groups excluding carboxylic acids is 1. The molecule has 25 heavy (non-hydrogen) atoms. The molecule has 0 aliphatic rings. The van der Waals surface area contributed by atoms with E-state index in [0.717, 1.165) is 11.3 Å². The molecule has 1 N–H and O–H groups in total. The molecule has 0 unspecified atom stereocenters. The van der Waals surface area contributed by atoms with Gasteiger partial charge in [0.15, 0.2) is 11.5 Å². The van der Waals surface area contributed by atoms with Crippen LogP contribution in [-0.4, -0.2) is 31.7 Å². The maximum absolute atomic E-state index is 12.1. The van der Waals surface area contributed by atoms with E-state index >= 15 is 0 Å². The molecule has 5 nitrogen and oxygen atoms in total. The van der Waals surface area contributed by atoms with Gasteiger partial charge in [0.05, 0.1) is 14.2 Å². The standard InChI is InChI=1S/C20H26N2O3/c1-20(2,15-8-10-17(24-3)18(13-15)25-4)14-22-19(23)11-9-16-7-5-6-12-21-16/h5-8,10,12-13H,9,11,14H2,1-4H3,(H,22,23). The van der Waals surface area contributed by atoms with Crippen LogP contribution in [0.25, 0.3) is 0 Å². The Morgan fingerprint density at radius 2 is 1.88 bits per heavy atom. The van der Waals surface area contributed by atoms with Crippen molar-refractivity contribution in [3.05, 3.63) is 53.9 Å². The number of hydrogen-bond donors (Lipinski definition) is 1. The molecule has 0 aliphatic heterocycles. The van der Waals surface area contributed by atoms with Gasteiger partial charge in [-0.1, -0.05) is 26.0 Å². The molecule has 1 heterocycles. The predicted molar refractivity (Wildman–Crippen MR) is 98.1 cm³/mol. The molecule has 1 amide bonds. The van der Waals surface area contributed by atoms with Gasteiger partial charge in [0.1, 0.15) is 0 Å². The molecule has 0 spiro atoms. The van der Waals surface area contributed by atoms with Gasteiger partial charge in [-0.05, 0) is 36.2 Å². The summed E-state index contributed by atoms with van der Waals surface area (Å²) in [4.78, 5) is 16.4. The number of hydrogen-bond acceptors (Lipinski definition) is 4. The Bertz CT molecular complexity index is 699. The summed E-state index contributed by atoms with van der Waals surface area (Å²) in [6.45, 7) is 4.73. The molecule has 0 aliphatic carbocycles. The fourth-order valence-corrected chi connectivity index (χ4v) is 2.55. The number of nitrogens with one attached hydrogen (secondary N) is 1. The molecule has 2 aromatic rings. The summed E-state index contributed by atoms with van der Waals surface area (Å²) >= 11 is 0. The van der Waals surface area contributed by atoms with Crippen LogP contribution < -0.4 is 14.8 Å². The van der Waals surface area contributed by atoms with E-state index in [9.17, 15) is 4.79 Å². The number of methoxy groups -OCH3 is 2. The third-order valence-electron chi connectivity index (χ3n) is 4.23. The lowest BCUT2D eigenvalue weighted by molar-refractivity contribution is -0.121. The first-order valence-electron chi connectivity index (χ1n) is 8.35. The number of rotatable bonds is 8. The Morgan fingerprint density at radius 3 is 2.52 bits per heavy atom. The molecule has 5 heteroatoms. The average Bonchev–Trinajstić information content (AvgIpc) is 2.65. The lowest BCUT2D eigenvalue weighted by atomic mass is 9.84. The lowest BCUT2D eigenvalue weighted by Gasteiger charge is -2.26. The van der Waals surface area contributed by atoms with Crippen LogP contribution in [0.3, 0.4) is 0 Å². The molecule has 2 rings (SSSR count). The van der Waals surface area contributed by atoms with Crippen molar-refractivity contribution >= 4 is 5.91 Å². The summed E-state index contributed by atoms with van der Waals surface area (Å²) in [5, 5.41) is 3.02. The van der Waals surface area contributed by atoms with Crippen molar-refractivity contribution in [3.63, 3.8) is 0 Å². The molecule has 0 radical (unpaired) electrons. The molecular formula is C20H26N2O3. The van der Waals surface area contributed by atoms with Crippen LogP contribution in [0.5, 0.6) is 11.5 Å². The smallest absolute Gasteiger partial charge is 0.220 e. The molecular weight excluding hydrogens is 316 g/mol. The number of amides is 1. The van der Waals surface area contributed by atoms with Gasteiger partial charge in [0.25, 0.3) is 0 Å². The van der Waals surface area contributed by atoms with Gasteiger partial charge < -0.3 is 14.8 Å². The van der Waals surface area contributed by atoms with Crippen LogP contribution in [0.2, 0.25) is 0 Å². The first-order chi connectivity index (χ1) is 12.0. The zero-order chi connectivity index (χ0) is 18.3. The largest absolute Gasteiger partial charge is 0.493 e. The highest BCUT2D eigenvalue weighted by molar-refractivity contribution is 5.76. The van der Waals surface area contributed by atoms with E-state index in [-0.39, 0.29) is 11.3 Å². The molecule has 1 aromatic carbocycles. The maximum atomic E-state index is 12.1. The second kappa shape index (κ2) is 8.51. The van der Waals surface area contributed by atoms with Gasteiger partial charge in [-0.15, -0.1) is 0 Å². The van der Waals surface area contributed by atoms with Crippen molar-refractivity contribution in [3.8, 4) is 11.5 Å². The first-order valence-corrected chi connectivity index (χ1v) is 8.35. The first kappa shape index (κ1) is 18.8. The fraction of sp³-hybridized carbons (Fsp3) is 0.400. The zero-order valence-electron chi connectivity index (χ0n) is 15.3. The molecule has 0 saturated carbocycles. The van der Waals surface area contributed by atoms with E-state index < -0.39 is 0 Å². The van der Waals surface area contributed by atoms with Crippen molar-refractivity contribution in [1.29, 1.82) is 0 Å². The normalized spacial score (nSPS) is 11.0. The zero-order valence-corrected chi connectivity index (χ0v) is 15.3. The number of carbonyl (C=O) groups is 1. The summed E-state index contributed by atoms with van der Waals surface area (Å²) < 4.78 is 10.6. The second-order valence-electron chi connectivity index (χ2n) is 6.55. The molecule has 1 aromatic heterocycles. The highest BCUT2D eigenvalue weighted by Gasteiger charge is 2.23. The Balaban J connectivity index is 1.93. The summed E-state index contributed by atoms with van der Waals surface area (Å²) in [5.41, 5.74) is 1.78. The Morgan fingerprint density at radius 1 is 1.12 bits per heavy atom. The highest BCUT2D eigenvalue weighted by Crippen LogP contribution is 2.32. The topological polar surface area (TPSA) is 60.5 Å². The van der Waals surface area contributed by atoms with Gasteiger partial charge >= 0.3 is 0 Å². The van der Waals surface area contributed by atoms with Crippen LogP contribution in [0, 0.1) is 0 Å². The number of pyridine rings is 1. The van der Waals surface area contributed by atoms with Crippen molar-refractivity contribution in [2.75, 3.05) is 20.8 Å². The number of ether oxygens (including phenoxy) is 2. The minimum absolute atomic E-state index is 0.0270. The molecule has 0 saturated heterocycles. The molecule has 0 fully saturated rings. The van der Waals surface area contributed by atoms with Crippen LogP contribution >= 0.6 is 0 Å². The number of benzene rings is 1. The third-order valence-corrected chi connectivity index (χ3v) is 4.23. The summed E-state index contributed by atoms with van der Waals surface area (Å²) in [5.74, 6) is 1.41. The Kier molecular flexibility index (Phi) is 6.39. The van der Waals surface area contributed by atoms with E-state index in [1.54, 1.807) is 20.4 Å². The van der Waals surface area contributed by atoms with Crippen LogP contribution in [0.15, 0.2) is 42.6 Å². The lowest BCUT2D eigenvalue weighted by Crippen LogP contribution is -2.36. The van der Waals surface area contributed by atoms with Crippen molar-refractivity contribution in [2.45, 2.75) is 32.1 Å². The molecule has 134 valence electrons. The van der Waals surface area contributed by atoms with Crippen LogP contribution in [0.4, 0.5) is 0 Å². The SMILES string of the molecule is COc1ccc(C(C)(C)CNC(=O)CCc2ccccn2)cc1OC. The number of nitrogens with zero attached hydrogens (tertiary/aromatic N) is 1. The maximum Gasteiger partial charge on any atom is 0.220 e. The summed E-state index contributed by atoms with van der Waals surface area (Å²) in [6, 6.07) is 11.6. The van der Waals surface area contributed by atoms with E-state index in [0.29, 0.717) is 30.9 Å². The minimum atomic E-state index is -0.222. The van der Waals surface area contributed by atoms with Gasteiger partial charge in [-0.3, -0.25) is 9.78 Å². The van der Waals surface area contributed by atoms with Crippen LogP contribution in [-0.2, 0) is 16.6 Å². The Labute approximate surface area is 149 Å². The van der Waals surface area contributed by atoms with E-state index in [2.05, 4.69) is 24.1 Å². The van der Waals surface area contributed by atoms with Crippen molar-refractivity contribution in [1.82, 2.24) is 10.3 Å². The summed E-state index contributed by atoms with van der Waals surface area (Å²) in [6.07, 6.45) is 2.82. The van der Waals surface area contributed by atoms with Gasteiger partial charge in [-0.2, -0.15) is 0 Å². The minimum Gasteiger partial charge on any atom is -0.493 e. The number of aryl methyl sites for hydroxylation is 1. The Hall–Kier alpha value is -2.56. The van der Waals surface area contributed by atoms with Gasteiger partial charge in [0.2, 0.25) is 5.91 Å². The number of aromatic nitrogens is 1. The summed E-state index contributed by atoms with van der Waals surface area (Å²) in [7, 11) is 3.23. The van der Waals surface area contributed by atoms with Crippen molar-refractivity contribution in [2.24, 2.45) is 0 Å². The quantitative estimate of drug-likeness (QED) is 0.801. The van der Waals surface area contributed by atoms with E-state index in [1.165, 1.54) is 0 Å². The van der Waals surface area contributed by atoms with Crippen LogP contribution in [0.1, 0.15) is 31.5 Å². The van der Waals surface area contributed by atoms with E-state index in [4.69, 9.17) is 9.47 Å². The fourth-order valence-electron chi connectivity index (χ4n) is 2.55.